The van der Waals surface area contributed by atoms with Crippen LogP contribution in [0.25, 0.3) is 11.3 Å². The summed E-state index contributed by atoms with van der Waals surface area (Å²) in [4.78, 5) is 9.79. The molecule has 0 saturated heterocycles. The zero-order valence-electron chi connectivity index (χ0n) is 19.0. The van der Waals surface area contributed by atoms with Crippen molar-refractivity contribution in [2.24, 2.45) is 0 Å². The molecule has 1 aromatic heterocycles. The lowest BCUT2D eigenvalue weighted by Gasteiger charge is -2.22. The lowest BCUT2D eigenvalue weighted by Crippen LogP contribution is -2.18. The van der Waals surface area contributed by atoms with Gasteiger partial charge in [0.05, 0.1) is 18.2 Å². The number of nitrogens with zero attached hydrogens (tertiary/aromatic N) is 3. The van der Waals surface area contributed by atoms with E-state index in [1.54, 1.807) is 12.1 Å². The van der Waals surface area contributed by atoms with Crippen molar-refractivity contribution in [2.75, 3.05) is 11.9 Å². The Morgan fingerprint density at radius 1 is 1.00 bits per heavy atom. The van der Waals surface area contributed by atoms with Crippen molar-refractivity contribution in [3.63, 3.8) is 0 Å². The molecule has 160 valence electrons. The third-order valence-electron chi connectivity index (χ3n) is 4.88. The Morgan fingerprint density at radius 3 is 2.26 bits per heavy atom. The third-order valence-corrected chi connectivity index (χ3v) is 4.88. The maximum Gasteiger partial charge on any atom is 0.188 e. The van der Waals surface area contributed by atoms with Crippen LogP contribution in [0, 0.1) is 18.3 Å². The molecule has 0 aliphatic rings. The number of ether oxygens (including phenoxy) is 1. The summed E-state index contributed by atoms with van der Waals surface area (Å²) in [5, 5.41) is 12.5. The van der Waals surface area contributed by atoms with Crippen molar-refractivity contribution < 1.29 is 4.74 Å². The van der Waals surface area contributed by atoms with E-state index >= 15 is 0 Å². The summed E-state index contributed by atoms with van der Waals surface area (Å²) < 4.78 is 6.24. The molecular weight excluding hydrogens is 384 g/mol. The number of benzene rings is 2. The average molecular weight is 415 g/mol. The van der Waals surface area contributed by atoms with Gasteiger partial charge in [0.15, 0.2) is 11.6 Å². The standard InChI is InChI=1S/C26H30N4O/c1-6-7-16-31-23-22(20-12-8-18(2)9-13-20)29-25(26(3,4)5)30-24(23)28-21-14-10-19(17-27)11-15-21/h8-15H,6-7,16H2,1-5H3,(H,28,29,30). The molecule has 0 atom stereocenters. The minimum atomic E-state index is -0.234. The van der Waals surface area contributed by atoms with Gasteiger partial charge in [-0.05, 0) is 37.6 Å². The second-order valence-corrected chi connectivity index (χ2v) is 8.71. The van der Waals surface area contributed by atoms with Crippen molar-refractivity contribution >= 4 is 11.5 Å². The topological polar surface area (TPSA) is 70.8 Å². The monoisotopic (exact) mass is 414 g/mol. The molecule has 0 aliphatic heterocycles. The van der Waals surface area contributed by atoms with E-state index in [1.165, 1.54) is 5.56 Å². The molecule has 1 N–H and O–H groups in total. The highest BCUT2D eigenvalue weighted by Crippen LogP contribution is 2.38. The number of anilines is 2. The van der Waals surface area contributed by atoms with Crippen LogP contribution < -0.4 is 10.1 Å². The number of aryl methyl sites for hydroxylation is 1. The van der Waals surface area contributed by atoms with Gasteiger partial charge in [-0.2, -0.15) is 5.26 Å². The molecule has 0 bridgehead atoms. The summed E-state index contributed by atoms with van der Waals surface area (Å²) in [5.41, 5.74) is 4.19. The first-order valence-electron chi connectivity index (χ1n) is 10.7. The highest BCUT2D eigenvalue weighted by Gasteiger charge is 2.24. The zero-order chi connectivity index (χ0) is 22.4. The predicted molar refractivity (Wildman–Crippen MR) is 126 cm³/mol. The molecule has 3 aromatic rings. The lowest BCUT2D eigenvalue weighted by atomic mass is 9.95. The van der Waals surface area contributed by atoms with E-state index in [0.717, 1.165) is 35.6 Å². The molecule has 3 rings (SSSR count). The molecular formula is C26H30N4O. The predicted octanol–water partition coefficient (Wildman–Crippen LogP) is 6.54. The SMILES string of the molecule is CCCCOc1c(Nc2ccc(C#N)cc2)nc(C(C)(C)C)nc1-c1ccc(C)cc1. The van der Waals surface area contributed by atoms with Crippen molar-refractivity contribution in [3.8, 4) is 23.1 Å². The number of rotatable bonds is 7. The van der Waals surface area contributed by atoms with Crippen LogP contribution >= 0.6 is 0 Å². The second kappa shape index (κ2) is 9.61. The van der Waals surface area contributed by atoms with Crippen LogP contribution in [0.1, 0.15) is 57.5 Å². The number of hydrogen-bond donors (Lipinski definition) is 1. The molecule has 31 heavy (non-hydrogen) atoms. The van der Waals surface area contributed by atoms with Gasteiger partial charge >= 0.3 is 0 Å². The van der Waals surface area contributed by atoms with E-state index in [4.69, 9.17) is 20.0 Å². The number of nitriles is 1. The fourth-order valence-electron chi connectivity index (χ4n) is 3.00. The first-order valence-corrected chi connectivity index (χ1v) is 10.7. The number of unbranched alkanes of at least 4 members (excludes halogenated alkanes) is 1. The molecule has 5 nitrogen and oxygen atoms in total. The van der Waals surface area contributed by atoms with Crippen LogP contribution in [-0.4, -0.2) is 16.6 Å². The van der Waals surface area contributed by atoms with Crippen molar-refractivity contribution in [1.82, 2.24) is 9.97 Å². The van der Waals surface area contributed by atoms with Gasteiger partial charge in [0.2, 0.25) is 0 Å². The summed E-state index contributed by atoms with van der Waals surface area (Å²) in [5.74, 6) is 2.02. The molecule has 0 amide bonds. The van der Waals surface area contributed by atoms with Crippen LogP contribution in [0.3, 0.4) is 0 Å². The molecule has 0 fully saturated rings. The van der Waals surface area contributed by atoms with Crippen molar-refractivity contribution in [2.45, 2.75) is 52.9 Å². The Labute approximate surface area is 185 Å². The minimum Gasteiger partial charge on any atom is -0.488 e. The molecule has 1 heterocycles. The molecule has 0 aliphatic carbocycles. The first-order chi connectivity index (χ1) is 14.8. The van der Waals surface area contributed by atoms with Gasteiger partial charge in [0, 0.05) is 16.7 Å². The van der Waals surface area contributed by atoms with E-state index in [0.29, 0.717) is 23.7 Å². The maximum atomic E-state index is 9.08. The van der Waals surface area contributed by atoms with Crippen LogP contribution in [0.4, 0.5) is 11.5 Å². The number of aromatic nitrogens is 2. The molecule has 0 unspecified atom stereocenters. The van der Waals surface area contributed by atoms with Crippen LogP contribution in [0.5, 0.6) is 5.75 Å². The quantitative estimate of drug-likeness (QED) is 0.444. The summed E-state index contributed by atoms with van der Waals surface area (Å²) >= 11 is 0. The Morgan fingerprint density at radius 2 is 1.68 bits per heavy atom. The largest absolute Gasteiger partial charge is 0.488 e. The summed E-state index contributed by atoms with van der Waals surface area (Å²) in [6.07, 6.45) is 1.99. The third kappa shape index (κ3) is 5.61. The van der Waals surface area contributed by atoms with Crippen LogP contribution in [0.15, 0.2) is 48.5 Å². The summed E-state index contributed by atoms with van der Waals surface area (Å²) in [6, 6.07) is 17.8. The minimum absolute atomic E-state index is 0.234. The fraction of sp³-hybridized carbons (Fsp3) is 0.346. The van der Waals surface area contributed by atoms with Gasteiger partial charge in [0.25, 0.3) is 0 Å². The Kier molecular flexibility index (Phi) is 6.91. The van der Waals surface area contributed by atoms with Gasteiger partial charge in [0.1, 0.15) is 11.5 Å². The van der Waals surface area contributed by atoms with Gasteiger partial charge in [-0.15, -0.1) is 0 Å². The first kappa shape index (κ1) is 22.3. The summed E-state index contributed by atoms with van der Waals surface area (Å²) in [7, 11) is 0. The summed E-state index contributed by atoms with van der Waals surface area (Å²) in [6.45, 7) is 11.1. The Balaban J connectivity index is 2.15. The van der Waals surface area contributed by atoms with E-state index in [-0.39, 0.29) is 5.41 Å². The Hall–Kier alpha value is -3.39. The zero-order valence-corrected chi connectivity index (χ0v) is 19.0. The molecule has 0 spiro atoms. The average Bonchev–Trinajstić information content (AvgIpc) is 2.75. The normalized spacial score (nSPS) is 11.1. The number of hydrogen-bond acceptors (Lipinski definition) is 5. The molecule has 2 aromatic carbocycles. The second-order valence-electron chi connectivity index (χ2n) is 8.71. The highest BCUT2D eigenvalue weighted by atomic mass is 16.5. The highest BCUT2D eigenvalue weighted by molar-refractivity contribution is 5.76. The molecule has 5 heteroatoms. The van der Waals surface area contributed by atoms with E-state index in [2.05, 4.69) is 70.3 Å². The van der Waals surface area contributed by atoms with Crippen molar-refractivity contribution in [3.05, 3.63) is 65.5 Å². The van der Waals surface area contributed by atoms with Gasteiger partial charge in [-0.3, -0.25) is 0 Å². The fourth-order valence-corrected chi connectivity index (χ4v) is 3.00. The van der Waals surface area contributed by atoms with E-state index < -0.39 is 0 Å². The smallest absolute Gasteiger partial charge is 0.188 e. The Bertz CT molecular complexity index is 1060. The van der Waals surface area contributed by atoms with Gasteiger partial charge in [-0.25, -0.2) is 9.97 Å². The van der Waals surface area contributed by atoms with E-state index in [1.807, 2.05) is 12.1 Å². The van der Waals surface area contributed by atoms with Crippen molar-refractivity contribution in [1.29, 1.82) is 5.26 Å². The lowest BCUT2D eigenvalue weighted by molar-refractivity contribution is 0.309. The van der Waals surface area contributed by atoms with Gasteiger partial charge in [-0.1, -0.05) is 63.9 Å². The van der Waals surface area contributed by atoms with E-state index in [9.17, 15) is 0 Å². The van der Waals surface area contributed by atoms with Gasteiger partial charge < -0.3 is 10.1 Å². The maximum absolute atomic E-state index is 9.08. The molecule has 0 saturated carbocycles. The molecule has 0 radical (unpaired) electrons. The van der Waals surface area contributed by atoms with Crippen LogP contribution in [0.2, 0.25) is 0 Å². The van der Waals surface area contributed by atoms with Crippen LogP contribution in [-0.2, 0) is 5.41 Å². The number of nitrogens with one attached hydrogen (secondary N) is 1.